The number of rotatable bonds is 5. The van der Waals surface area contributed by atoms with E-state index in [-0.39, 0.29) is 6.04 Å². The predicted molar refractivity (Wildman–Crippen MR) is 67.7 cm³/mol. The second-order valence-corrected chi connectivity index (χ2v) is 4.88. The normalized spacial score (nSPS) is 12.9. The summed E-state index contributed by atoms with van der Waals surface area (Å²) < 4.78 is 5.99. The topological polar surface area (TPSA) is 69.6 Å². The Kier molecular flexibility index (Phi) is 3.86. The number of aromatic nitrogens is 4. The van der Waals surface area contributed by atoms with Crippen LogP contribution >= 0.6 is 11.5 Å². The lowest BCUT2D eigenvalue weighted by Crippen LogP contribution is -2.16. The van der Waals surface area contributed by atoms with Crippen LogP contribution in [-0.4, -0.2) is 19.1 Å². The highest BCUT2D eigenvalue weighted by molar-refractivity contribution is 7.05. The molecule has 17 heavy (non-hydrogen) atoms. The van der Waals surface area contributed by atoms with Crippen LogP contribution in [-0.2, 0) is 19.9 Å². The zero-order chi connectivity index (χ0) is 12.3. The minimum absolute atomic E-state index is 0.0577. The number of hydrogen-bond donors (Lipinski definition) is 1. The number of hydrogen-bond acceptors (Lipinski definition) is 5. The number of nitrogens with two attached hydrogens (primary N) is 1. The quantitative estimate of drug-likeness (QED) is 0.873. The van der Waals surface area contributed by atoms with E-state index in [2.05, 4.69) is 21.5 Å². The van der Waals surface area contributed by atoms with Gasteiger partial charge in [0, 0.05) is 31.9 Å². The van der Waals surface area contributed by atoms with E-state index in [0.717, 1.165) is 35.7 Å². The molecule has 0 aromatic carbocycles. The standard InChI is InChI=1S/C11H17N5S/c1-3-4-9-11(17-15-14-9)8(12)7-10-13-5-6-16(10)2/h5-6,8H,3-4,7,12H2,1-2H3. The van der Waals surface area contributed by atoms with Crippen LogP contribution in [0.25, 0.3) is 0 Å². The fourth-order valence-corrected chi connectivity index (χ4v) is 2.48. The van der Waals surface area contributed by atoms with Crippen LogP contribution in [0, 0.1) is 0 Å². The summed E-state index contributed by atoms with van der Waals surface area (Å²) in [5.74, 6) is 0.994. The molecule has 6 heteroatoms. The lowest BCUT2D eigenvalue weighted by Gasteiger charge is -2.10. The summed E-state index contributed by atoms with van der Waals surface area (Å²) in [7, 11) is 1.98. The van der Waals surface area contributed by atoms with Gasteiger partial charge in [-0.1, -0.05) is 17.8 Å². The summed E-state index contributed by atoms with van der Waals surface area (Å²) in [6.07, 6.45) is 6.46. The van der Waals surface area contributed by atoms with Gasteiger partial charge in [-0.2, -0.15) is 0 Å². The first kappa shape index (κ1) is 12.2. The van der Waals surface area contributed by atoms with Crippen LogP contribution in [0.5, 0.6) is 0 Å². The van der Waals surface area contributed by atoms with Crippen molar-refractivity contribution >= 4 is 11.5 Å². The van der Waals surface area contributed by atoms with Crippen molar-refractivity contribution in [1.29, 1.82) is 0 Å². The summed E-state index contributed by atoms with van der Waals surface area (Å²) >= 11 is 1.40. The molecule has 0 aliphatic rings. The van der Waals surface area contributed by atoms with Crippen LogP contribution in [0.15, 0.2) is 12.4 Å². The second kappa shape index (κ2) is 5.37. The SMILES string of the molecule is CCCc1nnsc1C(N)Cc1nccn1C. The third-order valence-electron chi connectivity index (χ3n) is 2.73. The molecule has 2 aromatic heterocycles. The minimum atomic E-state index is -0.0577. The van der Waals surface area contributed by atoms with Crippen molar-refractivity contribution < 1.29 is 0 Å². The second-order valence-electron chi connectivity index (χ2n) is 4.10. The van der Waals surface area contributed by atoms with Gasteiger partial charge in [-0.3, -0.25) is 0 Å². The Hall–Kier alpha value is -1.27. The molecule has 2 heterocycles. The smallest absolute Gasteiger partial charge is 0.110 e. The third-order valence-corrected chi connectivity index (χ3v) is 3.63. The average molecular weight is 251 g/mol. The molecular formula is C11H17N5S. The largest absolute Gasteiger partial charge is 0.338 e. The van der Waals surface area contributed by atoms with Crippen LogP contribution in [0.3, 0.4) is 0 Å². The maximum absolute atomic E-state index is 6.21. The number of nitrogens with zero attached hydrogens (tertiary/aromatic N) is 4. The van der Waals surface area contributed by atoms with Gasteiger partial charge in [-0.25, -0.2) is 4.98 Å². The molecule has 0 aliphatic heterocycles. The van der Waals surface area contributed by atoms with Gasteiger partial charge in [0.25, 0.3) is 0 Å². The fraction of sp³-hybridized carbons (Fsp3) is 0.545. The van der Waals surface area contributed by atoms with Crippen LogP contribution < -0.4 is 5.73 Å². The van der Waals surface area contributed by atoms with E-state index in [1.54, 1.807) is 6.20 Å². The summed E-state index contributed by atoms with van der Waals surface area (Å²) in [5, 5.41) is 4.14. The molecule has 2 aromatic rings. The Morgan fingerprint density at radius 3 is 3.00 bits per heavy atom. The van der Waals surface area contributed by atoms with Gasteiger partial charge >= 0.3 is 0 Å². The Labute approximate surface area is 105 Å². The van der Waals surface area contributed by atoms with E-state index in [4.69, 9.17) is 5.73 Å². The van der Waals surface area contributed by atoms with Gasteiger partial charge in [0.2, 0.25) is 0 Å². The first-order valence-corrected chi connectivity index (χ1v) is 6.52. The van der Waals surface area contributed by atoms with Crippen LogP contribution in [0.1, 0.15) is 35.8 Å². The highest BCUT2D eigenvalue weighted by Gasteiger charge is 2.17. The Morgan fingerprint density at radius 2 is 2.35 bits per heavy atom. The van der Waals surface area contributed by atoms with E-state index in [1.807, 2.05) is 17.8 Å². The van der Waals surface area contributed by atoms with Crippen molar-refractivity contribution in [2.45, 2.75) is 32.2 Å². The molecule has 2 rings (SSSR count). The van der Waals surface area contributed by atoms with E-state index < -0.39 is 0 Å². The van der Waals surface area contributed by atoms with Crippen LogP contribution in [0.2, 0.25) is 0 Å². The highest BCUT2D eigenvalue weighted by atomic mass is 32.1. The number of aryl methyl sites for hydroxylation is 2. The van der Waals surface area contributed by atoms with E-state index >= 15 is 0 Å². The van der Waals surface area contributed by atoms with Gasteiger partial charge in [-0.05, 0) is 18.0 Å². The lowest BCUT2D eigenvalue weighted by atomic mass is 10.1. The lowest BCUT2D eigenvalue weighted by molar-refractivity contribution is 0.658. The van der Waals surface area contributed by atoms with Gasteiger partial charge in [0.15, 0.2) is 0 Å². The number of imidazole rings is 1. The Balaban J connectivity index is 2.11. The van der Waals surface area contributed by atoms with Gasteiger partial charge in [0.05, 0.1) is 10.6 Å². The summed E-state index contributed by atoms with van der Waals surface area (Å²) in [6.45, 7) is 2.13. The molecule has 0 amide bonds. The molecule has 2 N–H and O–H groups in total. The minimum Gasteiger partial charge on any atom is -0.338 e. The zero-order valence-corrected chi connectivity index (χ0v) is 10.9. The average Bonchev–Trinajstić information content (AvgIpc) is 2.89. The van der Waals surface area contributed by atoms with Crippen molar-refractivity contribution in [2.75, 3.05) is 0 Å². The molecule has 92 valence electrons. The van der Waals surface area contributed by atoms with Gasteiger partial charge in [-0.15, -0.1) is 5.10 Å². The molecule has 0 spiro atoms. The monoisotopic (exact) mass is 251 g/mol. The summed E-state index contributed by atoms with van der Waals surface area (Å²) in [5.41, 5.74) is 7.25. The third kappa shape index (κ3) is 2.70. The molecule has 1 atom stereocenters. The molecule has 5 nitrogen and oxygen atoms in total. The summed E-state index contributed by atoms with van der Waals surface area (Å²) in [4.78, 5) is 5.38. The maximum atomic E-state index is 6.21. The molecule has 0 saturated heterocycles. The Bertz CT molecular complexity index is 476. The first-order chi connectivity index (χ1) is 8.22. The van der Waals surface area contributed by atoms with Crippen LogP contribution in [0.4, 0.5) is 0 Å². The van der Waals surface area contributed by atoms with E-state index in [9.17, 15) is 0 Å². The van der Waals surface area contributed by atoms with Crippen molar-refractivity contribution in [3.05, 3.63) is 28.8 Å². The van der Waals surface area contributed by atoms with Gasteiger partial charge < -0.3 is 10.3 Å². The van der Waals surface area contributed by atoms with E-state index in [0.29, 0.717) is 0 Å². The van der Waals surface area contributed by atoms with Crippen molar-refractivity contribution in [2.24, 2.45) is 12.8 Å². The molecule has 1 unspecified atom stereocenters. The fourth-order valence-electron chi connectivity index (χ4n) is 1.79. The summed E-state index contributed by atoms with van der Waals surface area (Å²) in [6, 6.07) is -0.0577. The first-order valence-electron chi connectivity index (χ1n) is 5.75. The van der Waals surface area contributed by atoms with E-state index in [1.165, 1.54) is 11.5 Å². The predicted octanol–water partition coefficient (Wildman–Crippen LogP) is 1.47. The Morgan fingerprint density at radius 1 is 1.53 bits per heavy atom. The van der Waals surface area contributed by atoms with Crippen molar-refractivity contribution in [3.63, 3.8) is 0 Å². The highest BCUT2D eigenvalue weighted by Crippen LogP contribution is 2.22. The molecular weight excluding hydrogens is 234 g/mol. The molecule has 0 saturated carbocycles. The molecule has 0 radical (unpaired) electrons. The van der Waals surface area contributed by atoms with Crippen molar-refractivity contribution in [3.8, 4) is 0 Å². The molecule has 0 bridgehead atoms. The molecule has 0 fully saturated rings. The maximum Gasteiger partial charge on any atom is 0.110 e. The van der Waals surface area contributed by atoms with Gasteiger partial charge in [0.1, 0.15) is 5.82 Å². The zero-order valence-electron chi connectivity index (χ0n) is 10.1. The van der Waals surface area contributed by atoms with Crippen molar-refractivity contribution in [1.82, 2.24) is 19.1 Å². The molecule has 0 aliphatic carbocycles.